The normalized spacial score (nSPS) is 12.4. The molecule has 0 unspecified atom stereocenters. The Morgan fingerprint density at radius 3 is 2.21 bits per heavy atom. The Balaban J connectivity index is 2.24. The number of hydrogen-bond donors (Lipinski definition) is 2. The minimum absolute atomic E-state index is 0.102. The van der Waals surface area contributed by atoms with Crippen molar-refractivity contribution >= 4 is 10.0 Å². The van der Waals surface area contributed by atoms with Crippen LogP contribution in [-0.4, -0.2) is 18.7 Å². The summed E-state index contributed by atoms with van der Waals surface area (Å²) >= 11 is 0. The minimum Gasteiger partial charge on any atom is -0.388 e. The summed E-state index contributed by atoms with van der Waals surface area (Å²) in [6.45, 7) is -0.790. The van der Waals surface area contributed by atoms with E-state index in [2.05, 4.69) is 5.16 Å². The molecule has 29 heavy (non-hydrogen) atoms. The molecule has 1 aromatic heterocycles. The molecule has 154 valence electrons. The Bertz CT molecular complexity index is 1170. The van der Waals surface area contributed by atoms with E-state index in [4.69, 9.17) is 9.66 Å². The average Bonchev–Trinajstić information content (AvgIpc) is 3.03. The molecule has 6 nitrogen and oxygen atoms in total. The van der Waals surface area contributed by atoms with Crippen LogP contribution in [0.5, 0.6) is 0 Å². The molecule has 0 saturated heterocycles. The van der Waals surface area contributed by atoms with Crippen LogP contribution >= 0.6 is 0 Å². The van der Waals surface area contributed by atoms with Crippen molar-refractivity contribution in [1.29, 1.82) is 0 Å². The number of aliphatic hydroxyl groups is 1. The van der Waals surface area contributed by atoms with Crippen LogP contribution in [0.2, 0.25) is 0 Å². The summed E-state index contributed by atoms with van der Waals surface area (Å²) in [7, 11) is -4.71. The van der Waals surface area contributed by atoms with E-state index in [0.29, 0.717) is 12.1 Å². The van der Waals surface area contributed by atoms with E-state index < -0.39 is 44.9 Å². The molecule has 0 radical (unpaired) electrons. The monoisotopic (exact) mass is 434 g/mol. The maximum absolute atomic E-state index is 14.2. The topological polar surface area (TPSA) is 106 Å². The highest BCUT2D eigenvalue weighted by molar-refractivity contribution is 7.89. The Morgan fingerprint density at radius 1 is 1.07 bits per heavy atom. The second kappa shape index (κ2) is 7.21. The number of nitrogens with two attached hydrogens (primary N) is 1. The lowest BCUT2D eigenvalue weighted by Gasteiger charge is -2.10. The molecule has 0 fully saturated rings. The molecule has 3 aromatic rings. The molecule has 0 spiro atoms. The minimum atomic E-state index is -4.71. The second-order valence-corrected chi connectivity index (χ2v) is 7.38. The van der Waals surface area contributed by atoms with Gasteiger partial charge in [-0.1, -0.05) is 17.3 Å². The molecular formula is C17H11F5N2O4S. The Morgan fingerprint density at radius 2 is 1.69 bits per heavy atom. The summed E-state index contributed by atoms with van der Waals surface area (Å²) in [5, 5.41) is 17.8. The summed E-state index contributed by atoms with van der Waals surface area (Å²) in [5.74, 6) is -3.34. The quantitative estimate of drug-likeness (QED) is 0.612. The van der Waals surface area contributed by atoms with Crippen molar-refractivity contribution in [3.8, 4) is 22.4 Å². The van der Waals surface area contributed by atoms with Gasteiger partial charge in [0.2, 0.25) is 10.0 Å². The van der Waals surface area contributed by atoms with Gasteiger partial charge in [0.25, 0.3) is 0 Å². The lowest BCUT2D eigenvalue weighted by molar-refractivity contribution is -0.137. The largest absolute Gasteiger partial charge is 0.416 e. The van der Waals surface area contributed by atoms with Gasteiger partial charge in [0.05, 0.1) is 11.1 Å². The molecule has 0 aliphatic rings. The summed E-state index contributed by atoms with van der Waals surface area (Å²) in [4.78, 5) is -1.37. The number of benzene rings is 2. The molecule has 0 atom stereocenters. The van der Waals surface area contributed by atoms with E-state index in [1.54, 1.807) is 0 Å². The molecule has 0 aliphatic heterocycles. The first-order valence-corrected chi connectivity index (χ1v) is 9.27. The van der Waals surface area contributed by atoms with E-state index in [-0.39, 0.29) is 28.1 Å². The van der Waals surface area contributed by atoms with Gasteiger partial charge >= 0.3 is 6.18 Å². The van der Waals surface area contributed by atoms with Crippen LogP contribution in [0.25, 0.3) is 22.4 Å². The van der Waals surface area contributed by atoms with Gasteiger partial charge in [0.15, 0.2) is 10.7 Å². The van der Waals surface area contributed by atoms with Gasteiger partial charge in [-0.3, -0.25) is 0 Å². The van der Waals surface area contributed by atoms with E-state index in [9.17, 15) is 35.5 Å². The molecular weight excluding hydrogens is 423 g/mol. The van der Waals surface area contributed by atoms with Crippen molar-refractivity contribution in [2.45, 2.75) is 17.7 Å². The van der Waals surface area contributed by atoms with Crippen molar-refractivity contribution < 1.29 is 40.0 Å². The first kappa shape index (κ1) is 20.9. The molecule has 12 heteroatoms. The molecule has 0 bridgehead atoms. The van der Waals surface area contributed by atoms with Crippen LogP contribution in [0, 0.1) is 11.6 Å². The lowest BCUT2D eigenvalue weighted by Crippen LogP contribution is -2.16. The zero-order chi connectivity index (χ0) is 21.6. The Labute approximate surface area is 160 Å². The number of primary sulfonamides is 1. The summed E-state index contributed by atoms with van der Waals surface area (Å²) < 4.78 is 95.0. The number of halogens is 5. The maximum atomic E-state index is 14.2. The Kier molecular flexibility index (Phi) is 5.19. The number of rotatable bonds is 4. The van der Waals surface area contributed by atoms with Crippen LogP contribution in [0.1, 0.15) is 11.3 Å². The zero-order valence-electron chi connectivity index (χ0n) is 14.2. The summed E-state index contributed by atoms with van der Waals surface area (Å²) in [6, 6.07) is 5.12. The number of aliphatic hydroxyl groups excluding tert-OH is 1. The van der Waals surface area contributed by atoms with Crippen LogP contribution in [0.4, 0.5) is 22.0 Å². The van der Waals surface area contributed by atoms with Gasteiger partial charge in [-0.2, -0.15) is 13.2 Å². The molecule has 3 rings (SSSR count). The fourth-order valence-electron chi connectivity index (χ4n) is 2.75. The predicted octanol–water partition coefficient (Wildman–Crippen LogP) is 3.45. The summed E-state index contributed by atoms with van der Waals surface area (Å²) in [5.41, 5.74) is -1.86. The van der Waals surface area contributed by atoms with Gasteiger partial charge in [-0.25, -0.2) is 22.3 Å². The van der Waals surface area contributed by atoms with Crippen molar-refractivity contribution in [1.82, 2.24) is 5.16 Å². The molecule has 1 heterocycles. The fraction of sp³-hybridized carbons (Fsp3) is 0.118. The SMILES string of the molecule is NS(=O)(=O)c1c(F)cc(-c2c(-c3cccc(C(F)(F)F)c3)noc2CO)cc1F. The molecule has 3 N–H and O–H groups in total. The van der Waals surface area contributed by atoms with Gasteiger partial charge in [0.1, 0.15) is 23.9 Å². The van der Waals surface area contributed by atoms with Crippen molar-refractivity contribution in [2.75, 3.05) is 0 Å². The fourth-order valence-corrected chi connectivity index (χ4v) is 3.41. The van der Waals surface area contributed by atoms with Gasteiger partial charge in [-0.05, 0) is 29.8 Å². The highest BCUT2D eigenvalue weighted by atomic mass is 32.2. The molecule has 0 aliphatic carbocycles. The van der Waals surface area contributed by atoms with Gasteiger partial charge in [0, 0.05) is 5.56 Å². The third-order valence-corrected chi connectivity index (χ3v) is 4.90. The number of aromatic nitrogens is 1. The smallest absolute Gasteiger partial charge is 0.388 e. The highest BCUT2D eigenvalue weighted by Crippen LogP contribution is 2.38. The van der Waals surface area contributed by atoms with Crippen molar-refractivity contribution in [2.24, 2.45) is 5.14 Å². The third kappa shape index (κ3) is 3.99. The van der Waals surface area contributed by atoms with E-state index >= 15 is 0 Å². The number of sulfonamides is 1. The molecule has 0 saturated carbocycles. The van der Waals surface area contributed by atoms with Crippen molar-refractivity contribution in [3.05, 3.63) is 59.4 Å². The summed E-state index contributed by atoms with van der Waals surface area (Å²) in [6.07, 6.45) is -4.66. The molecule has 2 aromatic carbocycles. The molecule has 0 amide bonds. The van der Waals surface area contributed by atoms with Crippen LogP contribution in [-0.2, 0) is 22.8 Å². The average molecular weight is 434 g/mol. The Hall–Kier alpha value is -2.83. The first-order valence-electron chi connectivity index (χ1n) is 7.72. The predicted molar refractivity (Wildman–Crippen MR) is 89.6 cm³/mol. The van der Waals surface area contributed by atoms with E-state index in [1.807, 2.05) is 0 Å². The lowest BCUT2D eigenvalue weighted by atomic mass is 9.98. The maximum Gasteiger partial charge on any atom is 0.416 e. The highest BCUT2D eigenvalue weighted by Gasteiger charge is 2.31. The van der Waals surface area contributed by atoms with Crippen molar-refractivity contribution in [3.63, 3.8) is 0 Å². The zero-order valence-corrected chi connectivity index (χ0v) is 15.0. The van der Waals surface area contributed by atoms with Crippen LogP contribution in [0.15, 0.2) is 45.8 Å². The standard InChI is InChI=1S/C17H11F5N2O4S/c18-11-5-9(6-12(19)16(11)29(23,26)27)14-13(7-25)28-24-15(14)8-2-1-3-10(4-8)17(20,21)22/h1-6,25H,7H2,(H2,23,26,27). The number of hydrogen-bond acceptors (Lipinski definition) is 5. The third-order valence-electron chi connectivity index (χ3n) is 3.94. The van der Waals surface area contributed by atoms with Gasteiger partial charge in [-0.15, -0.1) is 0 Å². The van der Waals surface area contributed by atoms with Crippen LogP contribution < -0.4 is 5.14 Å². The number of nitrogens with zero attached hydrogens (tertiary/aromatic N) is 1. The first-order chi connectivity index (χ1) is 13.4. The second-order valence-electron chi connectivity index (χ2n) is 5.88. The van der Waals surface area contributed by atoms with Gasteiger partial charge < -0.3 is 9.63 Å². The number of alkyl halides is 3. The van der Waals surface area contributed by atoms with E-state index in [1.165, 1.54) is 6.07 Å². The van der Waals surface area contributed by atoms with E-state index in [0.717, 1.165) is 18.2 Å². The van der Waals surface area contributed by atoms with Crippen LogP contribution in [0.3, 0.4) is 0 Å².